The number of hydrogen-bond acceptors (Lipinski definition) is 5. The molecule has 1 fully saturated rings. The van der Waals surface area contributed by atoms with Gasteiger partial charge in [0, 0.05) is 24.3 Å². The van der Waals surface area contributed by atoms with E-state index in [1.54, 1.807) is 6.07 Å². The van der Waals surface area contributed by atoms with Gasteiger partial charge in [-0.15, -0.1) is 0 Å². The highest BCUT2D eigenvalue weighted by Crippen LogP contribution is 2.23. The van der Waals surface area contributed by atoms with Gasteiger partial charge in [-0.2, -0.15) is 0 Å². The minimum Gasteiger partial charge on any atom is -0.491 e. The number of carbonyl (C=O) groups is 1. The molecule has 150 valence electrons. The lowest BCUT2D eigenvalue weighted by molar-refractivity contribution is 0.0601. The van der Waals surface area contributed by atoms with E-state index >= 15 is 0 Å². The van der Waals surface area contributed by atoms with Gasteiger partial charge in [0.15, 0.2) is 0 Å². The number of carbonyl (C=O) groups excluding carboxylic acids is 1. The molecule has 3 rings (SSSR count). The van der Waals surface area contributed by atoms with Gasteiger partial charge in [-0.1, -0.05) is 6.92 Å². The Hall–Kier alpha value is -2.63. The molecule has 1 amide bonds. The summed E-state index contributed by atoms with van der Waals surface area (Å²) >= 11 is 0. The lowest BCUT2D eigenvalue weighted by Gasteiger charge is -2.35. The fourth-order valence-corrected chi connectivity index (χ4v) is 3.62. The van der Waals surface area contributed by atoms with Gasteiger partial charge in [-0.05, 0) is 70.7 Å². The van der Waals surface area contributed by atoms with Crippen LogP contribution < -0.4 is 10.1 Å². The van der Waals surface area contributed by atoms with Gasteiger partial charge in [-0.3, -0.25) is 4.79 Å². The van der Waals surface area contributed by atoms with Crippen LogP contribution >= 0.6 is 0 Å². The van der Waals surface area contributed by atoms with Crippen molar-refractivity contribution in [1.82, 2.24) is 14.9 Å². The number of nitrogens with zero attached hydrogens (tertiary/aromatic N) is 3. The number of ether oxygens (including phenoxy) is 1. The molecule has 28 heavy (non-hydrogen) atoms. The molecule has 1 N–H and O–H groups in total. The first-order valence-corrected chi connectivity index (χ1v) is 10.2. The lowest BCUT2D eigenvalue weighted by atomic mass is 9.99. The molecule has 1 aromatic carbocycles. The van der Waals surface area contributed by atoms with Crippen LogP contribution in [0.5, 0.6) is 5.75 Å². The summed E-state index contributed by atoms with van der Waals surface area (Å²) in [6, 6.07) is 9.77. The van der Waals surface area contributed by atoms with Crippen molar-refractivity contribution in [3.63, 3.8) is 0 Å². The second-order valence-corrected chi connectivity index (χ2v) is 7.56. The second kappa shape index (κ2) is 9.04. The zero-order valence-corrected chi connectivity index (χ0v) is 17.2. The summed E-state index contributed by atoms with van der Waals surface area (Å²) in [4.78, 5) is 23.9. The first-order valence-electron chi connectivity index (χ1n) is 10.2. The van der Waals surface area contributed by atoms with Gasteiger partial charge in [0.2, 0.25) is 0 Å². The maximum absolute atomic E-state index is 13.1. The Morgan fingerprint density at radius 2 is 2.00 bits per heavy atom. The van der Waals surface area contributed by atoms with Gasteiger partial charge in [0.1, 0.15) is 23.1 Å². The summed E-state index contributed by atoms with van der Waals surface area (Å²) in [5.41, 5.74) is 1.34. The molecule has 1 aliphatic rings. The van der Waals surface area contributed by atoms with Crippen LogP contribution in [0.3, 0.4) is 0 Å². The molecule has 1 aromatic heterocycles. The molecule has 2 heterocycles. The number of nitrogens with one attached hydrogen (secondary N) is 1. The summed E-state index contributed by atoms with van der Waals surface area (Å²) in [6.07, 6.45) is 4.43. The quantitative estimate of drug-likeness (QED) is 0.783. The normalized spacial score (nSPS) is 16.9. The number of rotatable bonds is 6. The molecule has 1 unspecified atom stereocenters. The monoisotopic (exact) mass is 382 g/mol. The van der Waals surface area contributed by atoms with Crippen LogP contribution in [-0.2, 0) is 0 Å². The molecule has 6 heteroatoms. The van der Waals surface area contributed by atoms with E-state index in [0.717, 1.165) is 37.2 Å². The van der Waals surface area contributed by atoms with Gasteiger partial charge in [-0.25, -0.2) is 9.97 Å². The minimum atomic E-state index is 0.000723. The average Bonchev–Trinajstić information content (AvgIpc) is 2.68. The number of piperidine rings is 1. The van der Waals surface area contributed by atoms with E-state index in [2.05, 4.69) is 22.2 Å². The van der Waals surface area contributed by atoms with Crippen LogP contribution in [0.1, 0.15) is 62.8 Å². The SMILES string of the molecule is CCC1CCCCN1C(=O)c1cc(Nc2ccc(OC(C)C)cc2)nc(C)n1. The zero-order chi connectivity index (χ0) is 20.1. The smallest absolute Gasteiger partial charge is 0.272 e. The van der Waals surface area contributed by atoms with Crippen molar-refractivity contribution in [2.24, 2.45) is 0 Å². The number of likely N-dealkylation sites (tertiary alicyclic amines) is 1. The number of hydrogen-bond donors (Lipinski definition) is 1. The molecule has 0 radical (unpaired) electrons. The van der Waals surface area contributed by atoms with Gasteiger partial charge in [0.05, 0.1) is 6.10 Å². The Morgan fingerprint density at radius 3 is 2.68 bits per heavy atom. The topological polar surface area (TPSA) is 67.4 Å². The van der Waals surface area contributed by atoms with Gasteiger partial charge in [0.25, 0.3) is 5.91 Å². The maximum Gasteiger partial charge on any atom is 0.272 e. The average molecular weight is 383 g/mol. The third-order valence-electron chi connectivity index (χ3n) is 4.91. The minimum absolute atomic E-state index is 0.000723. The lowest BCUT2D eigenvalue weighted by Crippen LogP contribution is -2.43. The fourth-order valence-electron chi connectivity index (χ4n) is 3.62. The summed E-state index contributed by atoms with van der Waals surface area (Å²) in [7, 11) is 0. The summed E-state index contributed by atoms with van der Waals surface area (Å²) < 4.78 is 5.67. The number of aromatic nitrogens is 2. The van der Waals surface area contributed by atoms with Gasteiger partial charge >= 0.3 is 0 Å². The van der Waals surface area contributed by atoms with Crippen LogP contribution in [0.25, 0.3) is 0 Å². The number of amides is 1. The molecule has 1 atom stereocenters. The van der Waals surface area contributed by atoms with E-state index in [1.165, 1.54) is 6.42 Å². The second-order valence-electron chi connectivity index (χ2n) is 7.56. The summed E-state index contributed by atoms with van der Waals surface area (Å²) in [6.45, 7) is 8.76. The molecule has 1 aliphatic heterocycles. The summed E-state index contributed by atoms with van der Waals surface area (Å²) in [5, 5.41) is 3.27. The van der Waals surface area contributed by atoms with Crippen molar-refractivity contribution >= 4 is 17.4 Å². The van der Waals surface area contributed by atoms with E-state index in [-0.39, 0.29) is 12.0 Å². The molecule has 6 nitrogen and oxygen atoms in total. The third kappa shape index (κ3) is 5.00. The number of aryl methyl sites for hydroxylation is 1. The molecular formula is C22H30N4O2. The Morgan fingerprint density at radius 1 is 1.25 bits per heavy atom. The van der Waals surface area contributed by atoms with Crippen molar-refractivity contribution < 1.29 is 9.53 Å². The standard InChI is InChI=1S/C22H30N4O2/c1-5-18-8-6-7-13-26(18)22(27)20-14-21(24-16(4)23-20)25-17-9-11-19(12-10-17)28-15(2)3/h9-12,14-15,18H,5-8,13H2,1-4H3,(H,23,24,25). The zero-order valence-electron chi connectivity index (χ0n) is 17.2. The molecular weight excluding hydrogens is 352 g/mol. The number of anilines is 2. The molecule has 1 saturated heterocycles. The molecule has 0 spiro atoms. The largest absolute Gasteiger partial charge is 0.491 e. The van der Waals surface area contributed by atoms with E-state index in [9.17, 15) is 4.79 Å². The fraction of sp³-hybridized carbons (Fsp3) is 0.500. The van der Waals surface area contributed by atoms with Crippen molar-refractivity contribution in [3.05, 3.63) is 41.9 Å². The van der Waals surface area contributed by atoms with Crippen LogP contribution in [0.4, 0.5) is 11.5 Å². The van der Waals surface area contributed by atoms with Crippen LogP contribution in [0.2, 0.25) is 0 Å². The first-order chi connectivity index (χ1) is 13.5. The van der Waals surface area contributed by atoms with Crippen molar-refractivity contribution in [1.29, 1.82) is 0 Å². The highest BCUT2D eigenvalue weighted by Gasteiger charge is 2.27. The predicted molar refractivity (Wildman–Crippen MR) is 111 cm³/mol. The summed E-state index contributed by atoms with van der Waals surface area (Å²) in [5.74, 6) is 2.03. The Kier molecular flexibility index (Phi) is 6.49. The Bertz CT molecular complexity index is 805. The maximum atomic E-state index is 13.1. The Labute approximate surface area is 167 Å². The van der Waals surface area contributed by atoms with Crippen molar-refractivity contribution in [2.45, 2.75) is 65.5 Å². The van der Waals surface area contributed by atoms with E-state index in [4.69, 9.17) is 4.74 Å². The highest BCUT2D eigenvalue weighted by atomic mass is 16.5. The highest BCUT2D eigenvalue weighted by molar-refractivity contribution is 5.93. The van der Waals surface area contributed by atoms with E-state index < -0.39 is 0 Å². The van der Waals surface area contributed by atoms with Gasteiger partial charge < -0.3 is 15.0 Å². The number of benzene rings is 1. The van der Waals surface area contributed by atoms with Crippen molar-refractivity contribution in [2.75, 3.05) is 11.9 Å². The molecule has 2 aromatic rings. The van der Waals surface area contributed by atoms with Crippen molar-refractivity contribution in [3.8, 4) is 5.75 Å². The third-order valence-corrected chi connectivity index (χ3v) is 4.91. The van der Waals surface area contributed by atoms with Crippen LogP contribution in [0, 0.1) is 6.92 Å². The van der Waals surface area contributed by atoms with E-state index in [1.807, 2.05) is 49.9 Å². The predicted octanol–water partition coefficient (Wildman–Crippen LogP) is 4.72. The molecule has 0 aliphatic carbocycles. The molecule has 0 saturated carbocycles. The first kappa shape index (κ1) is 20.1. The van der Waals surface area contributed by atoms with Crippen LogP contribution in [-0.4, -0.2) is 39.5 Å². The Balaban J connectivity index is 1.76. The molecule has 0 bridgehead atoms. The van der Waals surface area contributed by atoms with Crippen LogP contribution in [0.15, 0.2) is 30.3 Å². The van der Waals surface area contributed by atoms with E-state index in [0.29, 0.717) is 23.4 Å².